The van der Waals surface area contributed by atoms with Gasteiger partial charge in [-0.1, -0.05) is 12.1 Å². The third kappa shape index (κ3) is 9.20. The maximum absolute atomic E-state index is 12.6. The fraction of sp³-hybridized carbons (Fsp3) is 0.450. The molecule has 0 fully saturated rings. The van der Waals surface area contributed by atoms with E-state index in [4.69, 9.17) is 16.6 Å². The minimum Gasteiger partial charge on any atom is -0.481 e. The van der Waals surface area contributed by atoms with Crippen LogP contribution in [0.3, 0.4) is 0 Å². The number of amides is 4. The van der Waals surface area contributed by atoms with E-state index < -0.39 is 65.1 Å². The highest BCUT2D eigenvalue weighted by atomic mass is 16.6. The van der Waals surface area contributed by atoms with Gasteiger partial charge in [-0.3, -0.25) is 34.1 Å². The highest BCUT2D eigenvalue weighted by Gasteiger charge is 2.27. The quantitative estimate of drug-likeness (QED) is 0.139. The molecule has 0 spiro atoms. The predicted molar refractivity (Wildman–Crippen MR) is 118 cm³/mol. The van der Waals surface area contributed by atoms with E-state index in [1.54, 1.807) is 0 Å². The van der Waals surface area contributed by atoms with Gasteiger partial charge in [0.05, 0.1) is 11.0 Å². The Bertz CT molecular complexity index is 935. The normalized spacial score (nSPS) is 14.1. The molecule has 0 aliphatic carbocycles. The van der Waals surface area contributed by atoms with Crippen molar-refractivity contribution in [3.05, 3.63) is 39.9 Å². The molecule has 14 nitrogen and oxygen atoms in total. The van der Waals surface area contributed by atoms with E-state index in [2.05, 4.69) is 16.0 Å². The van der Waals surface area contributed by atoms with E-state index in [9.17, 15) is 34.1 Å². The van der Waals surface area contributed by atoms with Crippen molar-refractivity contribution >= 4 is 35.3 Å². The molecule has 1 aromatic rings. The zero-order chi connectivity index (χ0) is 26.0. The van der Waals surface area contributed by atoms with E-state index >= 15 is 0 Å². The number of carboxylic acids is 1. The number of carboxylic acid groups (broad SMARTS) is 1. The number of aliphatic carboxylic acids is 1. The van der Waals surface area contributed by atoms with Crippen molar-refractivity contribution < 1.29 is 34.0 Å². The summed E-state index contributed by atoms with van der Waals surface area (Å²) in [5.41, 5.74) is 11.4. The molecule has 186 valence electrons. The van der Waals surface area contributed by atoms with E-state index in [0.29, 0.717) is 5.56 Å². The molecule has 0 unspecified atom stereocenters. The van der Waals surface area contributed by atoms with Crippen molar-refractivity contribution in [2.75, 3.05) is 0 Å². The minimum atomic E-state index is -1.31. The summed E-state index contributed by atoms with van der Waals surface area (Å²) in [6, 6.07) is 0.845. The zero-order valence-electron chi connectivity index (χ0n) is 18.6. The van der Waals surface area contributed by atoms with Crippen molar-refractivity contribution in [3.63, 3.8) is 0 Å². The summed E-state index contributed by atoms with van der Waals surface area (Å²) in [5.74, 6) is -4.28. The number of benzene rings is 1. The van der Waals surface area contributed by atoms with Gasteiger partial charge in [0.2, 0.25) is 23.6 Å². The first kappa shape index (κ1) is 28.0. The average molecular weight is 480 g/mol. The van der Waals surface area contributed by atoms with E-state index in [1.807, 2.05) is 0 Å². The first-order valence-electron chi connectivity index (χ1n) is 10.2. The number of nitro groups is 1. The first-order chi connectivity index (χ1) is 15.8. The van der Waals surface area contributed by atoms with Crippen LogP contribution < -0.4 is 27.4 Å². The number of nitrogens with two attached hydrogens (primary N) is 2. The highest BCUT2D eigenvalue weighted by molar-refractivity contribution is 5.94. The molecule has 0 saturated carbocycles. The molecule has 34 heavy (non-hydrogen) atoms. The Morgan fingerprint density at radius 1 is 0.971 bits per heavy atom. The van der Waals surface area contributed by atoms with Crippen molar-refractivity contribution in [2.45, 2.75) is 57.3 Å². The van der Waals surface area contributed by atoms with Gasteiger partial charge in [-0.15, -0.1) is 0 Å². The number of nitro benzene ring substituents is 1. The molecule has 1 rings (SSSR count). The fourth-order valence-electron chi connectivity index (χ4n) is 2.70. The Kier molecular flexibility index (Phi) is 10.6. The Morgan fingerprint density at radius 3 is 2.03 bits per heavy atom. The number of carbonyl (C=O) groups excluding carboxylic acids is 4. The average Bonchev–Trinajstić information content (AvgIpc) is 2.76. The largest absolute Gasteiger partial charge is 0.481 e. The monoisotopic (exact) mass is 480 g/mol. The van der Waals surface area contributed by atoms with E-state index in [1.165, 1.54) is 38.1 Å². The standard InChI is InChI=1S/C20H28N6O8/c1-10(17(22)29)23-18(30)11(2)24-20(32)15(7-8-16(27)28)25-19(31)14(21)9-12-3-5-13(6-4-12)26(33)34/h3-6,10-11,14-15H,7-9,21H2,1-2H3,(H2,22,29)(H,23,30)(H,24,32)(H,25,31)(H,27,28)/t10-,11-,14-,15-/m0/s1. The summed E-state index contributed by atoms with van der Waals surface area (Å²) in [6.07, 6.45) is -0.723. The van der Waals surface area contributed by atoms with Gasteiger partial charge in [-0.25, -0.2) is 0 Å². The number of nitrogens with zero attached hydrogens (tertiary/aromatic N) is 1. The van der Waals surface area contributed by atoms with Crippen LogP contribution in [0.5, 0.6) is 0 Å². The molecule has 0 aromatic heterocycles. The molecule has 4 atom stereocenters. The number of carbonyl (C=O) groups is 5. The van der Waals surface area contributed by atoms with Crippen LogP contribution in [0.2, 0.25) is 0 Å². The lowest BCUT2D eigenvalue weighted by Gasteiger charge is -2.23. The van der Waals surface area contributed by atoms with Gasteiger partial charge in [-0.2, -0.15) is 0 Å². The molecule has 1 aromatic carbocycles. The summed E-state index contributed by atoms with van der Waals surface area (Å²) >= 11 is 0. The second-order valence-corrected chi connectivity index (χ2v) is 7.59. The lowest BCUT2D eigenvalue weighted by Crippen LogP contribution is -2.56. The minimum absolute atomic E-state index is 0.000904. The Morgan fingerprint density at radius 2 is 1.53 bits per heavy atom. The van der Waals surface area contributed by atoms with Crippen LogP contribution in [0.1, 0.15) is 32.3 Å². The molecular formula is C20H28N6O8. The van der Waals surface area contributed by atoms with Gasteiger partial charge in [0.1, 0.15) is 18.1 Å². The Balaban J connectivity index is 2.80. The molecule has 0 radical (unpaired) electrons. The Labute approximate surface area is 194 Å². The van der Waals surface area contributed by atoms with E-state index in [0.717, 1.165) is 0 Å². The van der Waals surface area contributed by atoms with Gasteiger partial charge < -0.3 is 32.5 Å². The van der Waals surface area contributed by atoms with Gasteiger partial charge in [0, 0.05) is 18.6 Å². The molecule has 8 N–H and O–H groups in total. The van der Waals surface area contributed by atoms with E-state index in [-0.39, 0.29) is 18.5 Å². The van der Waals surface area contributed by atoms with Crippen LogP contribution in [0.15, 0.2) is 24.3 Å². The second-order valence-electron chi connectivity index (χ2n) is 7.59. The third-order valence-electron chi connectivity index (χ3n) is 4.76. The van der Waals surface area contributed by atoms with Crippen molar-refractivity contribution in [1.29, 1.82) is 0 Å². The highest BCUT2D eigenvalue weighted by Crippen LogP contribution is 2.13. The van der Waals surface area contributed by atoms with Gasteiger partial charge in [0.25, 0.3) is 5.69 Å². The number of non-ortho nitro benzene ring substituents is 1. The summed E-state index contributed by atoms with van der Waals surface area (Å²) in [6.45, 7) is 2.69. The summed E-state index contributed by atoms with van der Waals surface area (Å²) in [5, 5.41) is 26.7. The van der Waals surface area contributed by atoms with Crippen LogP contribution >= 0.6 is 0 Å². The molecule has 4 amide bonds. The number of nitrogens with one attached hydrogen (secondary N) is 3. The van der Waals surface area contributed by atoms with Crippen molar-refractivity contribution in [2.24, 2.45) is 11.5 Å². The summed E-state index contributed by atoms with van der Waals surface area (Å²) < 4.78 is 0. The molecule has 0 saturated heterocycles. The number of rotatable bonds is 13. The maximum atomic E-state index is 12.6. The van der Waals surface area contributed by atoms with Gasteiger partial charge >= 0.3 is 5.97 Å². The van der Waals surface area contributed by atoms with Gasteiger partial charge in [-0.05, 0) is 32.3 Å². The topological polar surface area (TPSA) is 237 Å². The number of primary amides is 1. The maximum Gasteiger partial charge on any atom is 0.303 e. The molecule has 14 heteroatoms. The van der Waals surface area contributed by atoms with Crippen molar-refractivity contribution in [3.8, 4) is 0 Å². The van der Waals surface area contributed by atoms with Crippen LogP contribution in [0.4, 0.5) is 5.69 Å². The van der Waals surface area contributed by atoms with Crippen LogP contribution in [0, 0.1) is 10.1 Å². The number of hydrogen-bond donors (Lipinski definition) is 6. The molecule has 0 heterocycles. The number of hydrogen-bond acceptors (Lipinski definition) is 8. The van der Waals surface area contributed by atoms with Crippen LogP contribution in [0.25, 0.3) is 0 Å². The SMILES string of the molecule is C[C@H](NC(=O)[C@H](C)NC(=O)[C@H](CCC(=O)O)NC(=O)[C@@H](N)Cc1ccc([N+](=O)[O-])cc1)C(N)=O. The van der Waals surface area contributed by atoms with Crippen LogP contribution in [-0.4, -0.2) is 63.8 Å². The molecule has 0 bridgehead atoms. The fourth-order valence-corrected chi connectivity index (χ4v) is 2.70. The molecular weight excluding hydrogens is 452 g/mol. The van der Waals surface area contributed by atoms with Crippen molar-refractivity contribution in [1.82, 2.24) is 16.0 Å². The third-order valence-corrected chi connectivity index (χ3v) is 4.76. The first-order valence-corrected chi connectivity index (χ1v) is 10.2. The second kappa shape index (κ2) is 12.8. The lowest BCUT2D eigenvalue weighted by atomic mass is 10.0. The summed E-state index contributed by atoms with van der Waals surface area (Å²) in [7, 11) is 0. The Hall–Kier alpha value is -4.07. The van der Waals surface area contributed by atoms with Crippen LogP contribution in [-0.2, 0) is 30.4 Å². The smallest absolute Gasteiger partial charge is 0.303 e. The molecule has 0 aliphatic heterocycles. The van der Waals surface area contributed by atoms with Gasteiger partial charge in [0.15, 0.2) is 0 Å². The summed E-state index contributed by atoms with van der Waals surface area (Å²) in [4.78, 5) is 69.4. The zero-order valence-corrected chi connectivity index (χ0v) is 18.6. The molecule has 0 aliphatic rings. The lowest BCUT2D eigenvalue weighted by molar-refractivity contribution is -0.384. The predicted octanol–water partition coefficient (Wildman–Crippen LogP) is -1.69.